The second-order valence-electron chi connectivity index (χ2n) is 13.7. The molecule has 0 amide bonds. The van der Waals surface area contributed by atoms with Crippen LogP contribution in [0.2, 0.25) is 0 Å². The maximum atomic E-state index is 15.5. The van der Waals surface area contributed by atoms with Gasteiger partial charge in [0.15, 0.2) is 5.75 Å². The van der Waals surface area contributed by atoms with Gasteiger partial charge in [-0.25, -0.2) is 9.37 Å². The standard InChI is InChI=1S/C39H45FN10OS/c1-25(2)35-23-48(30-11-9-27(10-12-30)19-41-5)15-16-49(35)22-28-7-6-8-31(17-28)52-32-13-14-34(33(40)18-32)45-39-46-38-37(51-26(3)4)36(29-20-43-44-21-29)42-24-50(38)47-39/h6-14,17-18,20-21,24-26,35,41H,15-16,19,22-23H2,1-5H3,(H,43,44)(H,45,47). The van der Waals surface area contributed by atoms with Gasteiger partial charge >= 0.3 is 0 Å². The lowest BCUT2D eigenvalue weighted by molar-refractivity contribution is 0.130. The lowest BCUT2D eigenvalue weighted by Gasteiger charge is -2.44. The highest BCUT2D eigenvalue weighted by Crippen LogP contribution is 2.34. The van der Waals surface area contributed by atoms with Crippen molar-refractivity contribution in [3.8, 4) is 17.0 Å². The van der Waals surface area contributed by atoms with Crippen molar-refractivity contribution in [2.45, 2.75) is 62.7 Å². The van der Waals surface area contributed by atoms with Crippen LogP contribution in [-0.2, 0) is 13.1 Å². The summed E-state index contributed by atoms with van der Waals surface area (Å²) in [5.41, 5.74) is 5.93. The van der Waals surface area contributed by atoms with Crippen molar-refractivity contribution in [2.24, 2.45) is 5.92 Å². The molecule has 1 atom stereocenters. The van der Waals surface area contributed by atoms with Gasteiger partial charge < -0.3 is 20.3 Å². The van der Waals surface area contributed by atoms with E-state index in [2.05, 4.69) is 108 Å². The number of halogens is 1. The van der Waals surface area contributed by atoms with E-state index < -0.39 is 5.82 Å². The number of benzene rings is 3. The molecule has 1 fully saturated rings. The topological polar surface area (TPSA) is 112 Å². The minimum atomic E-state index is -0.398. The summed E-state index contributed by atoms with van der Waals surface area (Å²) >= 11 is 1.55. The third-order valence-electron chi connectivity index (χ3n) is 9.16. The number of aromatic amines is 1. The fourth-order valence-electron chi connectivity index (χ4n) is 6.62. The van der Waals surface area contributed by atoms with Crippen LogP contribution >= 0.6 is 11.8 Å². The molecule has 0 spiro atoms. The summed E-state index contributed by atoms with van der Waals surface area (Å²) in [5, 5.41) is 17.6. The van der Waals surface area contributed by atoms with Crippen LogP contribution in [0.1, 0.15) is 38.8 Å². The van der Waals surface area contributed by atoms with E-state index in [1.54, 1.807) is 42.6 Å². The first kappa shape index (κ1) is 35.4. The molecule has 270 valence electrons. The van der Waals surface area contributed by atoms with Crippen LogP contribution in [0, 0.1) is 11.7 Å². The molecule has 6 aromatic rings. The predicted molar refractivity (Wildman–Crippen MR) is 205 cm³/mol. The average molecular weight is 721 g/mol. The fraction of sp³-hybridized carbons (Fsp3) is 0.333. The van der Waals surface area contributed by atoms with Crippen molar-refractivity contribution in [1.82, 2.24) is 40.0 Å². The van der Waals surface area contributed by atoms with Gasteiger partial charge in [0.05, 0.1) is 18.0 Å². The van der Waals surface area contributed by atoms with Crippen molar-refractivity contribution in [3.05, 3.63) is 102 Å². The number of hydrogen-bond acceptors (Lipinski definition) is 10. The summed E-state index contributed by atoms with van der Waals surface area (Å²) in [4.78, 5) is 16.2. The summed E-state index contributed by atoms with van der Waals surface area (Å²) in [5.74, 6) is 0.823. The van der Waals surface area contributed by atoms with Crippen molar-refractivity contribution in [2.75, 3.05) is 36.9 Å². The number of hydrogen-bond donors (Lipinski definition) is 3. The highest BCUT2D eigenvalue weighted by Gasteiger charge is 2.29. The minimum Gasteiger partial charge on any atom is -0.485 e. The van der Waals surface area contributed by atoms with Crippen LogP contribution in [-0.4, -0.2) is 73.5 Å². The molecule has 52 heavy (non-hydrogen) atoms. The second kappa shape index (κ2) is 15.7. The maximum Gasteiger partial charge on any atom is 0.247 e. The number of rotatable bonds is 13. The van der Waals surface area contributed by atoms with Crippen molar-refractivity contribution in [3.63, 3.8) is 0 Å². The van der Waals surface area contributed by atoms with Gasteiger partial charge in [-0.05, 0) is 80.4 Å². The quantitative estimate of drug-likeness (QED) is 0.112. The van der Waals surface area contributed by atoms with Gasteiger partial charge in [-0.2, -0.15) is 14.6 Å². The number of piperazine rings is 1. The normalized spacial score (nSPS) is 15.2. The largest absolute Gasteiger partial charge is 0.485 e. The van der Waals surface area contributed by atoms with E-state index in [-0.39, 0.29) is 17.7 Å². The van der Waals surface area contributed by atoms with Crippen molar-refractivity contribution in [1.29, 1.82) is 0 Å². The number of fused-ring (bicyclic) bond motifs is 1. The number of nitrogens with zero attached hydrogens (tertiary/aromatic N) is 7. The predicted octanol–water partition coefficient (Wildman–Crippen LogP) is 7.40. The molecule has 4 heterocycles. The van der Waals surface area contributed by atoms with Gasteiger partial charge in [-0.1, -0.05) is 49.9 Å². The van der Waals surface area contributed by atoms with Crippen LogP contribution in [0.4, 0.5) is 21.7 Å². The molecular formula is C39H45FN10OS. The Labute approximate surface area is 308 Å². The molecule has 3 aromatic heterocycles. The van der Waals surface area contributed by atoms with Crippen molar-refractivity contribution >= 4 is 34.7 Å². The zero-order valence-corrected chi connectivity index (χ0v) is 31.0. The van der Waals surface area contributed by atoms with Gasteiger partial charge in [0.1, 0.15) is 17.8 Å². The van der Waals surface area contributed by atoms with E-state index in [0.29, 0.717) is 29.1 Å². The second-order valence-corrected chi connectivity index (χ2v) is 14.9. The Bertz CT molecular complexity index is 2100. The van der Waals surface area contributed by atoms with E-state index in [1.807, 2.05) is 27.0 Å². The zero-order chi connectivity index (χ0) is 36.2. The average Bonchev–Trinajstić information content (AvgIpc) is 3.81. The van der Waals surface area contributed by atoms with Gasteiger partial charge in [0, 0.05) is 66.0 Å². The van der Waals surface area contributed by atoms with E-state index in [0.717, 1.165) is 48.1 Å². The first-order chi connectivity index (χ1) is 25.2. The Morgan fingerprint density at radius 2 is 1.83 bits per heavy atom. The van der Waals surface area contributed by atoms with E-state index >= 15 is 4.39 Å². The van der Waals surface area contributed by atoms with E-state index in [1.165, 1.54) is 21.3 Å². The zero-order valence-electron chi connectivity index (χ0n) is 30.2. The van der Waals surface area contributed by atoms with Crippen LogP contribution < -0.4 is 20.3 Å². The Kier molecular flexibility index (Phi) is 10.7. The first-order valence-corrected chi connectivity index (χ1v) is 18.5. The number of H-pyrrole nitrogens is 1. The summed E-state index contributed by atoms with van der Waals surface area (Å²) in [7, 11) is 1.98. The summed E-state index contributed by atoms with van der Waals surface area (Å²) in [6.45, 7) is 13.2. The molecule has 1 aliphatic heterocycles. The SMILES string of the molecule is CNCc1ccc(N2CCN(Cc3cccc(Sc4ccc(Nc5nc6c(OC(C)C)c(-c7cn[nH]c7)ncn6n5)c(F)c4)c3)C(C(C)C)C2)cc1. The highest BCUT2D eigenvalue weighted by atomic mass is 32.2. The van der Waals surface area contributed by atoms with Gasteiger partial charge in [0.2, 0.25) is 11.6 Å². The lowest BCUT2D eigenvalue weighted by Crippen LogP contribution is -2.54. The number of aromatic nitrogens is 6. The number of nitrogens with one attached hydrogen (secondary N) is 3. The summed E-state index contributed by atoms with van der Waals surface area (Å²) < 4.78 is 23.1. The lowest BCUT2D eigenvalue weighted by atomic mass is 9.98. The molecule has 7 rings (SSSR count). The Morgan fingerprint density at radius 1 is 1.00 bits per heavy atom. The highest BCUT2D eigenvalue weighted by molar-refractivity contribution is 7.99. The Hall–Kier alpha value is -4.98. The van der Waals surface area contributed by atoms with E-state index in [4.69, 9.17) is 4.74 Å². The molecule has 0 radical (unpaired) electrons. The first-order valence-electron chi connectivity index (χ1n) is 17.7. The maximum absolute atomic E-state index is 15.5. The summed E-state index contributed by atoms with van der Waals surface area (Å²) in [6.07, 6.45) is 4.84. The third kappa shape index (κ3) is 8.06. The molecule has 3 N–H and O–H groups in total. The molecule has 3 aromatic carbocycles. The number of anilines is 3. The van der Waals surface area contributed by atoms with Gasteiger partial charge in [-0.3, -0.25) is 10.00 Å². The molecule has 1 saturated heterocycles. The molecule has 1 aliphatic rings. The fourth-order valence-corrected chi connectivity index (χ4v) is 7.54. The molecule has 0 bridgehead atoms. The number of ether oxygens (including phenoxy) is 1. The van der Waals surface area contributed by atoms with Crippen LogP contribution in [0.25, 0.3) is 16.9 Å². The molecule has 13 heteroatoms. The van der Waals surface area contributed by atoms with Gasteiger partial charge in [-0.15, -0.1) is 5.10 Å². The molecule has 1 unspecified atom stereocenters. The van der Waals surface area contributed by atoms with Crippen LogP contribution in [0.5, 0.6) is 5.75 Å². The molecular weight excluding hydrogens is 676 g/mol. The molecule has 0 saturated carbocycles. The van der Waals surface area contributed by atoms with Crippen LogP contribution in [0.15, 0.2) is 95.2 Å². The Balaban J connectivity index is 1.01. The smallest absolute Gasteiger partial charge is 0.247 e. The minimum absolute atomic E-state index is 0.125. The monoisotopic (exact) mass is 720 g/mol. The summed E-state index contributed by atoms with van der Waals surface area (Å²) in [6, 6.07) is 23.1. The van der Waals surface area contributed by atoms with Gasteiger partial charge in [0.25, 0.3) is 0 Å². The molecule has 11 nitrogen and oxygen atoms in total. The van der Waals surface area contributed by atoms with Crippen molar-refractivity contribution < 1.29 is 9.13 Å². The Morgan fingerprint density at radius 3 is 2.56 bits per heavy atom. The van der Waals surface area contributed by atoms with E-state index in [9.17, 15) is 0 Å². The van der Waals surface area contributed by atoms with Crippen LogP contribution in [0.3, 0.4) is 0 Å². The third-order valence-corrected chi connectivity index (χ3v) is 10.1. The molecule has 0 aliphatic carbocycles.